The van der Waals surface area contributed by atoms with Gasteiger partial charge in [0.1, 0.15) is 0 Å². The Kier molecular flexibility index (Phi) is 8.70. The van der Waals surface area contributed by atoms with E-state index in [9.17, 15) is 13.2 Å². The van der Waals surface area contributed by atoms with E-state index in [1.54, 1.807) is 0 Å². The van der Waals surface area contributed by atoms with Crippen LogP contribution in [0.15, 0.2) is 54.8 Å². The molecule has 0 radical (unpaired) electrons. The molecular weight excluding hydrogens is 457 g/mol. The van der Waals surface area contributed by atoms with E-state index in [2.05, 4.69) is 72.8 Å². The Morgan fingerprint density at radius 3 is 2.36 bits per heavy atom. The quantitative estimate of drug-likeness (QED) is 0.322. The van der Waals surface area contributed by atoms with Crippen molar-refractivity contribution in [2.75, 3.05) is 33.2 Å². The molecule has 0 spiro atoms. The second kappa shape index (κ2) is 11.6. The van der Waals surface area contributed by atoms with Gasteiger partial charge in [-0.05, 0) is 87.1 Å². The molecular formula is C31H43F3N2. The molecule has 2 nitrogen and oxygen atoms in total. The highest BCUT2D eigenvalue weighted by Crippen LogP contribution is 2.53. The maximum Gasteiger partial charge on any atom is 0.395 e. The molecule has 1 unspecified atom stereocenters. The van der Waals surface area contributed by atoms with Gasteiger partial charge in [0.2, 0.25) is 0 Å². The van der Waals surface area contributed by atoms with E-state index >= 15 is 0 Å². The van der Waals surface area contributed by atoms with Crippen molar-refractivity contribution in [1.29, 1.82) is 0 Å². The fraction of sp³-hybridized carbons (Fsp3) is 0.613. The molecule has 3 aliphatic rings. The van der Waals surface area contributed by atoms with Gasteiger partial charge in [-0.3, -0.25) is 0 Å². The van der Waals surface area contributed by atoms with E-state index in [4.69, 9.17) is 0 Å². The predicted octanol–water partition coefficient (Wildman–Crippen LogP) is 7.88. The van der Waals surface area contributed by atoms with Crippen molar-refractivity contribution in [3.8, 4) is 0 Å². The Labute approximate surface area is 215 Å². The third-order valence-electron chi connectivity index (χ3n) is 8.85. The van der Waals surface area contributed by atoms with Gasteiger partial charge in [-0.15, -0.1) is 0 Å². The summed E-state index contributed by atoms with van der Waals surface area (Å²) in [5, 5.41) is 0. The summed E-state index contributed by atoms with van der Waals surface area (Å²) in [6.07, 6.45) is 10.4. The Bertz CT molecular complexity index is 932. The van der Waals surface area contributed by atoms with Crippen molar-refractivity contribution >= 4 is 5.57 Å². The third-order valence-corrected chi connectivity index (χ3v) is 8.85. The highest BCUT2D eigenvalue weighted by Gasteiger charge is 2.58. The number of likely N-dealkylation sites (tertiary alicyclic amines) is 1. The standard InChI is InChI=1S/C31H43F3N2/c1-4-20-35(3)24(2)27-12-14-29(15-13-27)28-10-8-25(9-11-28)6-7-26-16-21-36(22-17-26)23-30(18-5-19-30)31(32,33)34/h8-12,14-15,26-27H,2,4-7,13,16-23H2,1,3H3. The van der Waals surface area contributed by atoms with E-state index in [1.807, 2.05) is 0 Å². The molecule has 1 aliphatic heterocycles. The normalized spacial score (nSPS) is 22.7. The predicted molar refractivity (Wildman–Crippen MR) is 144 cm³/mol. The number of piperidine rings is 1. The fourth-order valence-electron chi connectivity index (χ4n) is 6.07. The first kappa shape index (κ1) is 27.0. The lowest BCUT2D eigenvalue weighted by Crippen LogP contribution is -2.53. The van der Waals surface area contributed by atoms with Crippen LogP contribution in [0.1, 0.15) is 69.4 Å². The summed E-state index contributed by atoms with van der Waals surface area (Å²) in [6, 6.07) is 8.93. The number of nitrogens with zero attached hydrogens (tertiary/aromatic N) is 2. The van der Waals surface area contributed by atoms with Crippen molar-refractivity contribution in [3.63, 3.8) is 0 Å². The van der Waals surface area contributed by atoms with E-state index < -0.39 is 11.6 Å². The summed E-state index contributed by atoms with van der Waals surface area (Å²) in [5.74, 6) is 0.993. The highest BCUT2D eigenvalue weighted by molar-refractivity contribution is 5.75. The largest absolute Gasteiger partial charge is 0.395 e. The first-order valence-corrected chi connectivity index (χ1v) is 13.9. The Hall–Kier alpha value is -2.01. The summed E-state index contributed by atoms with van der Waals surface area (Å²) in [7, 11) is 2.12. The van der Waals surface area contributed by atoms with E-state index in [0.717, 1.165) is 64.6 Å². The smallest absolute Gasteiger partial charge is 0.378 e. The van der Waals surface area contributed by atoms with Crippen molar-refractivity contribution in [2.45, 2.75) is 70.9 Å². The van der Waals surface area contributed by atoms with Gasteiger partial charge in [-0.2, -0.15) is 13.2 Å². The molecule has 198 valence electrons. The Morgan fingerprint density at radius 1 is 1.14 bits per heavy atom. The van der Waals surface area contributed by atoms with Gasteiger partial charge < -0.3 is 9.80 Å². The Morgan fingerprint density at radius 2 is 1.83 bits per heavy atom. The minimum atomic E-state index is -4.06. The average Bonchev–Trinajstić information content (AvgIpc) is 2.85. The SMILES string of the molecule is C=C(C1C=CC(c2ccc(CCC3CCN(CC4(C(F)(F)F)CCC4)CC3)cc2)=CC1)N(C)CCC. The number of rotatable bonds is 10. The highest BCUT2D eigenvalue weighted by atomic mass is 19.4. The number of allylic oxidation sites excluding steroid dienone is 4. The van der Waals surface area contributed by atoms with Crippen LogP contribution in [0, 0.1) is 17.3 Å². The molecule has 0 amide bonds. The third kappa shape index (κ3) is 6.27. The molecule has 1 atom stereocenters. The zero-order valence-corrected chi connectivity index (χ0v) is 22.1. The van der Waals surface area contributed by atoms with Crippen molar-refractivity contribution in [2.24, 2.45) is 17.3 Å². The lowest BCUT2D eigenvalue weighted by molar-refractivity contribution is -0.256. The molecule has 1 saturated carbocycles. The van der Waals surface area contributed by atoms with Crippen LogP contribution in [0.2, 0.25) is 0 Å². The number of hydrogen-bond acceptors (Lipinski definition) is 2. The van der Waals surface area contributed by atoms with Gasteiger partial charge in [0, 0.05) is 31.8 Å². The second-order valence-corrected chi connectivity index (χ2v) is 11.4. The van der Waals surface area contributed by atoms with Crippen LogP contribution < -0.4 is 0 Å². The van der Waals surface area contributed by atoms with Crippen molar-refractivity contribution in [1.82, 2.24) is 9.80 Å². The number of halogens is 3. The van der Waals surface area contributed by atoms with E-state index in [1.165, 1.54) is 22.4 Å². The van der Waals surface area contributed by atoms with Crippen molar-refractivity contribution in [3.05, 3.63) is 65.9 Å². The minimum Gasteiger partial charge on any atom is -0.378 e. The topological polar surface area (TPSA) is 6.48 Å². The van der Waals surface area contributed by atoms with Crippen LogP contribution in [0.25, 0.3) is 5.57 Å². The van der Waals surface area contributed by atoms with Gasteiger partial charge in [-0.25, -0.2) is 0 Å². The van der Waals surface area contributed by atoms with Crippen LogP contribution >= 0.6 is 0 Å². The van der Waals surface area contributed by atoms with Gasteiger partial charge in [0.05, 0.1) is 5.41 Å². The molecule has 1 aromatic rings. The number of hydrogen-bond donors (Lipinski definition) is 0. The number of aryl methyl sites for hydroxylation is 1. The number of benzene rings is 1. The molecule has 1 saturated heterocycles. The first-order chi connectivity index (χ1) is 17.2. The van der Waals surface area contributed by atoms with Crippen LogP contribution in [-0.4, -0.2) is 49.2 Å². The van der Waals surface area contributed by atoms with Crippen LogP contribution in [0.5, 0.6) is 0 Å². The average molecular weight is 501 g/mol. The van der Waals surface area contributed by atoms with E-state index in [-0.39, 0.29) is 6.54 Å². The molecule has 2 aliphatic carbocycles. The molecule has 36 heavy (non-hydrogen) atoms. The van der Waals surface area contributed by atoms with Gasteiger partial charge in [0.15, 0.2) is 0 Å². The Balaban J connectivity index is 1.20. The number of alkyl halides is 3. The fourth-order valence-corrected chi connectivity index (χ4v) is 6.07. The second-order valence-electron chi connectivity index (χ2n) is 11.4. The lowest BCUT2D eigenvalue weighted by atomic mass is 9.67. The minimum absolute atomic E-state index is 0.208. The summed E-state index contributed by atoms with van der Waals surface area (Å²) in [4.78, 5) is 4.34. The van der Waals surface area contributed by atoms with Crippen molar-refractivity contribution < 1.29 is 13.2 Å². The zero-order chi connectivity index (χ0) is 25.8. The lowest BCUT2D eigenvalue weighted by Gasteiger charge is -2.47. The molecule has 1 heterocycles. The molecule has 5 heteroatoms. The molecule has 4 rings (SSSR count). The monoisotopic (exact) mass is 500 g/mol. The molecule has 2 fully saturated rings. The zero-order valence-electron chi connectivity index (χ0n) is 22.1. The summed E-state index contributed by atoms with van der Waals surface area (Å²) in [5.41, 5.74) is 3.64. The molecule has 1 aromatic carbocycles. The first-order valence-electron chi connectivity index (χ1n) is 13.9. The maximum absolute atomic E-state index is 13.5. The van der Waals surface area contributed by atoms with Gasteiger partial charge >= 0.3 is 6.18 Å². The summed E-state index contributed by atoms with van der Waals surface area (Å²) in [6.45, 7) is 9.36. The molecule has 0 N–H and O–H groups in total. The summed E-state index contributed by atoms with van der Waals surface area (Å²) >= 11 is 0. The molecule has 0 aromatic heterocycles. The van der Waals surface area contributed by atoms with Crippen LogP contribution in [0.3, 0.4) is 0 Å². The summed E-state index contributed by atoms with van der Waals surface area (Å²) < 4.78 is 40.5. The molecule has 0 bridgehead atoms. The maximum atomic E-state index is 13.5. The van der Waals surface area contributed by atoms with E-state index in [0.29, 0.717) is 24.7 Å². The van der Waals surface area contributed by atoms with Gasteiger partial charge in [0.25, 0.3) is 0 Å². The van der Waals surface area contributed by atoms with Gasteiger partial charge in [-0.1, -0.05) is 62.4 Å². The van der Waals surface area contributed by atoms with Crippen LogP contribution in [-0.2, 0) is 6.42 Å². The van der Waals surface area contributed by atoms with Crippen LogP contribution in [0.4, 0.5) is 13.2 Å².